The molecule has 0 radical (unpaired) electrons. The third-order valence-electron chi connectivity index (χ3n) is 7.25. The quantitative estimate of drug-likeness (QED) is 0.135. The second kappa shape index (κ2) is 18.0. The highest BCUT2D eigenvalue weighted by molar-refractivity contribution is 14.2. The molecule has 6 heteroatoms. The van der Waals surface area contributed by atoms with Crippen molar-refractivity contribution in [3.05, 3.63) is 31.4 Å². The van der Waals surface area contributed by atoms with Crippen LogP contribution in [0, 0.1) is 31.3 Å². The molecule has 5 nitrogen and oxygen atoms in total. The number of amides is 2. The lowest BCUT2D eigenvalue weighted by atomic mass is 9.94. The Bertz CT molecular complexity index is 881. The van der Waals surface area contributed by atoms with E-state index in [2.05, 4.69) is 12.2 Å². The molecule has 0 aliphatic rings. The first-order valence-corrected chi connectivity index (χ1v) is 16.6. The number of carbonyl (C=O) groups is 2. The molecule has 200 valence electrons. The van der Waals surface area contributed by atoms with Crippen LogP contribution in [0.3, 0.4) is 0 Å². The van der Waals surface area contributed by atoms with Gasteiger partial charge >= 0.3 is 19.8 Å². The molecule has 2 amide bonds. The highest BCUT2D eigenvalue weighted by Gasteiger charge is 2.24. The van der Waals surface area contributed by atoms with Gasteiger partial charge in [-0.2, -0.15) is 0 Å². The zero-order valence-electron chi connectivity index (χ0n) is 22.8. The number of hydrogen-bond donors (Lipinski definition) is 1. The van der Waals surface area contributed by atoms with Crippen molar-refractivity contribution in [2.75, 3.05) is 0 Å². The van der Waals surface area contributed by atoms with Gasteiger partial charge in [-0.05, 0) is 56.4 Å². The Morgan fingerprint density at radius 2 is 1.00 bits per heavy atom. The summed E-state index contributed by atoms with van der Waals surface area (Å²) in [5.41, 5.74) is 3.17. The molecular weight excluding hydrogens is 553 g/mol. The molecule has 0 aromatic heterocycles. The van der Waals surface area contributed by atoms with E-state index in [-0.39, 0.29) is 15.0 Å². The minimum Gasteiger partial charge on any atom is -0.292 e. The average Bonchev–Trinajstić information content (AvgIpc) is 2.81. The van der Waals surface area contributed by atoms with Crippen molar-refractivity contribution in [2.24, 2.45) is 0 Å². The number of carbonyl (C=O) groups excluding carboxylic acids is 2. The number of nitrogens with one attached hydrogen (secondary N) is 1. The zero-order valence-corrected chi connectivity index (χ0v) is 25.0. The van der Waals surface area contributed by atoms with Crippen molar-refractivity contribution in [1.82, 2.24) is 5.32 Å². The number of halogens is 1. The van der Waals surface area contributed by atoms with Crippen molar-refractivity contribution in [3.63, 3.8) is 0 Å². The standard InChI is InChI=1S/C29H48INO4/c1-6-7-8-9-10-11-12-13-14-15-16-17-18-19-20-21-26(32)31-29(33)27-24(4)22(2)23(3)25(5)28(27)30(34)35/h6-21H2,1-5H3,(H,31,32,33). The molecule has 0 aliphatic carbocycles. The van der Waals surface area contributed by atoms with E-state index >= 15 is 0 Å². The van der Waals surface area contributed by atoms with Crippen LogP contribution in [-0.2, 0) is 10.9 Å². The van der Waals surface area contributed by atoms with Crippen LogP contribution >= 0.6 is 19.8 Å². The first-order chi connectivity index (χ1) is 16.7. The Morgan fingerprint density at radius 1 is 0.600 bits per heavy atom. The van der Waals surface area contributed by atoms with Gasteiger partial charge in [0.15, 0.2) is 0 Å². The highest BCUT2D eigenvalue weighted by Crippen LogP contribution is 2.33. The summed E-state index contributed by atoms with van der Waals surface area (Å²) in [6.45, 7) is 9.48. The molecule has 0 heterocycles. The highest BCUT2D eigenvalue weighted by atomic mass is 127. The van der Waals surface area contributed by atoms with Crippen LogP contribution in [0.1, 0.15) is 142 Å². The maximum atomic E-state index is 12.8. The first kappa shape index (κ1) is 31.7. The molecule has 0 atom stereocenters. The monoisotopic (exact) mass is 601 g/mol. The fourth-order valence-electron chi connectivity index (χ4n) is 4.64. The van der Waals surface area contributed by atoms with Gasteiger partial charge in [-0.15, -0.1) is 0 Å². The fraction of sp³-hybridized carbons (Fsp3) is 0.724. The number of hydrogen-bond acceptors (Lipinski definition) is 4. The Hall–Kier alpha value is -1.31. The van der Waals surface area contributed by atoms with Crippen LogP contribution in [0.4, 0.5) is 0 Å². The van der Waals surface area contributed by atoms with Gasteiger partial charge in [0.25, 0.3) is 5.91 Å². The Morgan fingerprint density at radius 3 is 1.43 bits per heavy atom. The number of unbranched alkanes of at least 4 members (excludes halogenated alkanes) is 14. The van der Waals surface area contributed by atoms with Crippen LogP contribution in [0.15, 0.2) is 0 Å². The molecular formula is C29H48INO4. The Kier molecular flexibility index (Phi) is 16.3. The van der Waals surface area contributed by atoms with E-state index in [9.17, 15) is 15.7 Å². The summed E-state index contributed by atoms with van der Waals surface area (Å²) >= 11 is -3.90. The Balaban J connectivity index is 2.24. The number of benzene rings is 1. The van der Waals surface area contributed by atoms with Crippen molar-refractivity contribution >= 4 is 31.6 Å². The smallest absolute Gasteiger partial charge is 0.292 e. The lowest BCUT2D eigenvalue weighted by Crippen LogP contribution is -2.32. The molecule has 0 aliphatic heterocycles. The summed E-state index contributed by atoms with van der Waals surface area (Å²) < 4.78 is 24.0. The summed E-state index contributed by atoms with van der Waals surface area (Å²) in [5, 5.41) is 2.43. The van der Waals surface area contributed by atoms with Gasteiger partial charge in [-0.25, -0.2) is 6.14 Å². The summed E-state index contributed by atoms with van der Waals surface area (Å²) in [7, 11) is 0. The average molecular weight is 602 g/mol. The van der Waals surface area contributed by atoms with E-state index in [1.54, 1.807) is 13.8 Å². The summed E-state index contributed by atoms with van der Waals surface area (Å²) in [6.07, 6.45) is 19.2. The van der Waals surface area contributed by atoms with Crippen LogP contribution < -0.4 is 5.32 Å². The van der Waals surface area contributed by atoms with E-state index < -0.39 is 25.7 Å². The molecule has 1 aromatic rings. The van der Waals surface area contributed by atoms with Crippen molar-refractivity contribution in [2.45, 2.75) is 137 Å². The molecule has 1 rings (SSSR count). The second-order valence-corrected chi connectivity index (χ2v) is 12.3. The van der Waals surface area contributed by atoms with Gasteiger partial charge in [0, 0.05) is 6.42 Å². The zero-order chi connectivity index (χ0) is 26.2. The number of imide groups is 1. The largest absolute Gasteiger partial charge is 0.341 e. The fourth-order valence-corrected chi connectivity index (χ4v) is 6.79. The predicted molar refractivity (Wildman–Crippen MR) is 151 cm³/mol. The topological polar surface area (TPSA) is 80.3 Å². The van der Waals surface area contributed by atoms with Gasteiger partial charge in [0.05, 0.1) is 9.13 Å². The molecule has 0 spiro atoms. The van der Waals surface area contributed by atoms with Crippen molar-refractivity contribution < 1.29 is 15.7 Å². The van der Waals surface area contributed by atoms with E-state index in [4.69, 9.17) is 0 Å². The Labute approximate surface area is 220 Å². The summed E-state index contributed by atoms with van der Waals surface area (Å²) in [5.74, 6) is -0.924. The third-order valence-corrected chi connectivity index (χ3v) is 9.48. The van der Waals surface area contributed by atoms with Crippen LogP contribution in [0.25, 0.3) is 0 Å². The molecule has 1 N–H and O–H groups in total. The van der Waals surface area contributed by atoms with E-state index in [1.807, 2.05) is 13.8 Å². The molecule has 0 saturated heterocycles. The maximum absolute atomic E-state index is 12.8. The van der Waals surface area contributed by atoms with Crippen LogP contribution in [0.5, 0.6) is 0 Å². The third kappa shape index (κ3) is 11.5. The van der Waals surface area contributed by atoms with E-state index in [1.165, 1.54) is 77.0 Å². The van der Waals surface area contributed by atoms with Gasteiger partial charge < -0.3 is 0 Å². The molecule has 0 unspecified atom stereocenters. The lowest BCUT2D eigenvalue weighted by molar-refractivity contribution is -0.120. The summed E-state index contributed by atoms with van der Waals surface area (Å²) in [6, 6.07) is 0. The van der Waals surface area contributed by atoms with E-state index in [0.717, 1.165) is 30.4 Å². The minimum absolute atomic E-state index is 0.118. The second-order valence-electron chi connectivity index (χ2n) is 9.98. The van der Waals surface area contributed by atoms with Crippen LogP contribution in [-0.4, -0.2) is 11.8 Å². The normalized spacial score (nSPS) is 11.3. The maximum Gasteiger partial charge on any atom is 0.341 e. The van der Waals surface area contributed by atoms with Gasteiger partial charge in [-0.1, -0.05) is 96.8 Å². The van der Waals surface area contributed by atoms with Gasteiger partial charge in [0.2, 0.25) is 5.91 Å². The van der Waals surface area contributed by atoms with Gasteiger partial charge in [0.1, 0.15) is 0 Å². The first-order valence-electron chi connectivity index (χ1n) is 13.7. The van der Waals surface area contributed by atoms with E-state index in [0.29, 0.717) is 17.5 Å². The molecule has 1 aromatic carbocycles. The number of rotatable bonds is 18. The molecule has 35 heavy (non-hydrogen) atoms. The molecule has 0 fully saturated rings. The molecule has 0 saturated carbocycles. The lowest BCUT2D eigenvalue weighted by Gasteiger charge is -2.16. The summed E-state index contributed by atoms with van der Waals surface area (Å²) in [4.78, 5) is 25.1. The molecule has 0 bridgehead atoms. The van der Waals surface area contributed by atoms with Crippen LogP contribution in [0.2, 0.25) is 0 Å². The van der Waals surface area contributed by atoms with Crippen molar-refractivity contribution in [1.29, 1.82) is 0 Å². The minimum atomic E-state index is -3.90. The van der Waals surface area contributed by atoms with Crippen molar-refractivity contribution in [3.8, 4) is 0 Å². The predicted octanol–water partition coefficient (Wildman–Crippen LogP) is 8.81. The SMILES string of the molecule is CCCCCCCCCCCCCCCCCC(=O)NC(=O)c1c(C)c(C)c(C)c(C)c1I(=O)=O. The van der Waals surface area contributed by atoms with Gasteiger partial charge in [-0.3, -0.25) is 14.9 Å².